The average Bonchev–Trinajstić information content (AvgIpc) is 2.60. The molecule has 0 saturated carbocycles. The number of hydrogen-bond donors (Lipinski definition) is 3. The van der Waals surface area contributed by atoms with Gasteiger partial charge in [0.2, 0.25) is 15.9 Å². The highest BCUT2D eigenvalue weighted by Gasteiger charge is 2.16. The van der Waals surface area contributed by atoms with Crippen molar-refractivity contribution in [2.75, 3.05) is 16.3 Å². The van der Waals surface area contributed by atoms with Crippen LogP contribution in [-0.4, -0.2) is 32.6 Å². The summed E-state index contributed by atoms with van der Waals surface area (Å²) in [6.07, 6.45) is 0.974. The van der Waals surface area contributed by atoms with Gasteiger partial charge >= 0.3 is 0 Å². The van der Waals surface area contributed by atoms with Crippen molar-refractivity contribution >= 4 is 33.2 Å². The number of ether oxygens (including phenoxy) is 1. The molecular formula is C20H25N3O5S. The van der Waals surface area contributed by atoms with Crippen LogP contribution in [0.4, 0.5) is 11.4 Å². The highest BCUT2D eigenvalue weighted by Crippen LogP contribution is 2.23. The first kappa shape index (κ1) is 22.2. The van der Waals surface area contributed by atoms with Crippen LogP contribution in [-0.2, 0) is 21.4 Å². The van der Waals surface area contributed by atoms with Crippen LogP contribution in [0.1, 0.15) is 36.7 Å². The van der Waals surface area contributed by atoms with Crippen molar-refractivity contribution in [3.63, 3.8) is 0 Å². The summed E-state index contributed by atoms with van der Waals surface area (Å²) in [5.41, 5.74) is 1.37. The highest BCUT2D eigenvalue weighted by atomic mass is 32.2. The summed E-state index contributed by atoms with van der Waals surface area (Å²) in [5.74, 6) is -0.146. The normalized spacial score (nSPS) is 11.1. The fourth-order valence-corrected chi connectivity index (χ4v) is 3.17. The van der Waals surface area contributed by atoms with Crippen LogP contribution >= 0.6 is 0 Å². The lowest BCUT2D eigenvalue weighted by molar-refractivity contribution is -0.114. The Morgan fingerprint density at radius 2 is 1.79 bits per heavy atom. The largest absolute Gasteiger partial charge is 0.491 e. The van der Waals surface area contributed by atoms with Gasteiger partial charge in [-0.1, -0.05) is 18.2 Å². The summed E-state index contributed by atoms with van der Waals surface area (Å²) < 4.78 is 31.3. The third-order valence-corrected chi connectivity index (χ3v) is 4.25. The summed E-state index contributed by atoms with van der Waals surface area (Å²) in [5, 5.41) is 5.35. The Morgan fingerprint density at radius 3 is 2.41 bits per heavy atom. The second-order valence-corrected chi connectivity index (χ2v) is 8.52. The van der Waals surface area contributed by atoms with Crippen LogP contribution < -0.4 is 20.1 Å². The molecule has 0 aliphatic carbocycles. The minimum Gasteiger partial charge on any atom is -0.491 e. The van der Waals surface area contributed by atoms with Crippen LogP contribution in [0.3, 0.4) is 0 Å². The first-order valence-corrected chi connectivity index (χ1v) is 10.9. The molecule has 156 valence electrons. The van der Waals surface area contributed by atoms with Crippen molar-refractivity contribution in [2.45, 2.75) is 33.4 Å². The van der Waals surface area contributed by atoms with Crippen molar-refractivity contribution < 1.29 is 22.7 Å². The summed E-state index contributed by atoms with van der Waals surface area (Å²) in [4.78, 5) is 24.1. The Balaban J connectivity index is 2.27. The second-order valence-electron chi connectivity index (χ2n) is 6.77. The number of carbonyl (C=O) groups excluding carboxylic acids is 2. The zero-order valence-corrected chi connectivity index (χ0v) is 17.6. The van der Waals surface area contributed by atoms with E-state index in [0.29, 0.717) is 11.4 Å². The van der Waals surface area contributed by atoms with Crippen LogP contribution in [0.15, 0.2) is 42.5 Å². The minimum absolute atomic E-state index is 0.0215. The van der Waals surface area contributed by atoms with Crippen molar-refractivity contribution in [3.8, 4) is 5.75 Å². The Bertz CT molecular complexity index is 1000. The van der Waals surface area contributed by atoms with Gasteiger partial charge in [0.1, 0.15) is 5.75 Å². The van der Waals surface area contributed by atoms with Crippen molar-refractivity contribution in [2.24, 2.45) is 0 Å². The van der Waals surface area contributed by atoms with E-state index in [2.05, 4.69) is 15.4 Å². The third-order valence-electron chi connectivity index (χ3n) is 3.65. The minimum atomic E-state index is -3.59. The van der Waals surface area contributed by atoms with Gasteiger partial charge in [0.15, 0.2) is 0 Å². The van der Waals surface area contributed by atoms with Gasteiger partial charge < -0.3 is 15.4 Å². The van der Waals surface area contributed by atoms with E-state index in [1.807, 2.05) is 38.1 Å². The first-order chi connectivity index (χ1) is 13.5. The molecule has 0 fully saturated rings. The molecule has 8 nitrogen and oxygen atoms in total. The van der Waals surface area contributed by atoms with Gasteiger partial charge in [0.05, 0.1) is 23.6 Å². The molecule has 0 bridgehead atoms. The zero-order chi connectivity index (χ0) is 21.6. The molecule has 2 aromatic rings. The van der Waals surface area contributed by atoms with Crippen LogP contribution in [0.2, 0.25) is 0 Å². The number of rotatable bonds is 8. The van der Waals surface area contributed by atoms with Gasteiger partial charge in [-0.25, -0.2) is 8.42 Å². The average molecular weight is 420 g/mol. The molecule has 0 aromatic heterocycles. The Kier molecular flexibility index (Phi) is 7.22. The molecule has 0 spiro atoms. The van der Waals surface area contributed by atoms with Crippen molar-refractivity contribution in [1.29, 1.82) is 0 Å². The predicted octanol–water partition coefficient (Wildman–Crippen LogP) is 2.73. The van der Waals surface area contributed by atoms with Gasteiger partial charge in [-0.3, -0.25) is 14.3 Å². The zero-order valence-electron chi connectivity index (χ0n) is 16.8. The number of hydrogen-bond acceptors (Lipinski definition) is 5. The van der Waals surface area contributed by atoms with E-state index in [1.165, 1.54) is 25.1 Å². The van der Waals surface area contributed by atoms with Crippen molar-refractivity contribution in [3.05, 3.63) is 53.6 Å². The van der Waals surface area contributed by atoms with E-state index in [9.17, 15) is 18.0 Å². The molecule has 0 unspecified atom stereocenters. The molecule has 9 heteroatoms. The number of amides is 2. The maximum Gasteiger partial charge on any atom is 0.253 e. The molecular weight excluding hydrogens is 394 g/mol. The lowest BCUT2D eigenvalue weighted by Crippen LogP contribution is -2.25. The van der Waals surface area contributed by atoms with Gasteiger partial charge in [0.25, 0.3) is 5.91 Å². The summed E-state index contributed by atoms with van der Waals surface area (Å²) in [6, 6.07) is 11.7. The Morgan fingerprint density at radius 1 is 1.10 bits per heavy atom. The quantitative estimate of drug-likeness (QED) is 0.609. The lowest BCUT2D eigenvalue weighted by atomic mass is 10.1. The molecule has 2 aromatic carbocycles. The van der Waals surface area contributed by atoms with Gasteiger partial charge in [-0.2, -0.15) is 0 Å². The molecule has 2 rings (SSSR count). The predicted molar refractivity (Wildman–Crippen MR) is 113 cm³/mol. The fourth-order valence-electron chi connectivity index (χ4n) is 2.59. The molecule has 0 aliphatic rings. The molecule has 0 radical (unpaired) electrons. The molecule has 0 aliphatic heterocycles. The highest BCUT2D eigenvalue weighted by molar-refractivity contribution is 7.92. The van der Waals surface area contributed by atoms with Gasteiger partial charge in [0, 0.05) is 24.7 Å². The van der Waals surface area contributed by atoms with Crippen LogP contribution in [0.25, 0.3) is 0 Å². The molecule has 0 atom stereocenters. The topological polar surface area (TPSA) is 114 Å². The van der Waals surface area contributed by atoms with E-state index in [4.69, 9.17) is 4.74 Å². The molecule has 0 saturated heterocycles. The molecule has 2 amide bonds. The Labute approximate surface area is 170 Å². The number of benzene rings is 2. The van der Waals surface area contributed by atoms with Crippen molar-refractivity contribution in [1.82, 2.24) is 5.32 Å². The van der Waals surface area contributed by atoms with Crippen LogP contribution in [0.5, 0.6) is 5.75 Å². The maximum atomic E-state index is 12.8. The molecule has 29 heavy (non-hydrogen) atoms. The molecule has 0 heterocycles. The number of nitrogens with one attached hydrogen (secondary N) is 3. The Hall–Kier alpha value is -3.07. The van der Waals surface area contributed by atoms with E-state index < -0.39 is 15.9 Å². The third kappa shape index (κ3) is 7.11. The number of anilines is 2. The summed E-state index contributed by atoms with van der Waals surface area (Å²) in [6.45, 7) is 5.34. The first-order valence-electron chi connectivity index (χ1n) is 8.97. The maximum absolute atomic E-state index is 12.8. The smallest absolute Gasteiger partial charge is 0.253 e. The monoisotopic (exact) mass is 419 g/mol. The van der Waals surface area contributed by atoms with E-state index in [1.54, 1.807) is 0 Å². The van der Waals surface area contributed by atoms with E-state index in [-0.39, 0.29) is 29.8 Å². The van der Waals surface area contributed by atoms with Gasteiger partial charge in [-0.15, -0.1) is 0 Å². The van der Waals surface area contributed by atoms with Gasteiger partial charge in [-0.05, 0) is 38.1 Å². The van der Waals surface area contributed by atoms with E-state index >= 15 is 0 Å². The summed E-state index contributed by atoms with van der Waals surface area (Å²) in [7, 11) is -3.59. The fraction of sp³-hybridized carbons (Fsp3) is 0.300. The number of para-hydroxylation sites is 1. The second kappa shape index (κ2) is 9.42. The van der Waals surface area contributed by atoms with Crippen LogP contribution in [0, 0.1) is 0 Å². The lowest BCUT2D eigenvalue weighted by Gasteiger charge is -2.16. The van der Waals surface area contributed by atoms with E-state index in [0.717, 1.165) is 11.8 Å². The number of carbonyl (C=O) groups is 2. The SMILES string of the molecule is CC(=O)Nc1ccc(NS(C)(=O)=O)c(C(=O)NCc2ccccc2OC(C)C)c1. The number of sulfonamides is 1. The standard InChI is InChI=1S/C20H25N3O5S/c1-13(2)28-19-8-6-5-7-15(19)12-21-20(25)17-11-16(22-14(3)24)9-10-18(17)23-29(4,26)27/h5-11,13,23H,12H2,1-4H3,(H,21,25)(H,22,24). The molecule has 3 N–H and O–H groups in total. The summed E-state index contributed by atoms with van der Waals surface area (Å²) >= 11 is 0.